The molecule has 8 nitrogen and oxygen atoms in total. The molecule has 0 saturated heterocycles. The minimum atomic E-state index is -4.64. The number of nitrogens with one attached hydrogen (secondary N) is 1. The van der Waals surface area contributed by atoms with Gasteiger partial charge in [-0.15, -0.1) is 0 Å². The number of hydrogen-bond acceptors (Lipinski definition) is 7. The highest BCUT2D eigenvalue weighted by atomic mass is 19.4. The van der Waals surface area contributed by atoms with Crippen molar-refractivity contribution in [2.75, 3.05) is 31.8 Å². The van der Waals surface area contributed by atoms with Crippen LogP contribution in [-0.2, 0) is 20.4 Å². The van der Waals surface area contributed by atoms with E-state index in [-0.39, 0.29) is 41.3 Å². The van der Waals surface area contributed by atoms with Gasteiger partial charge in [0.15, 0.2) is 5.69 Å². The summed E-state index contributed by atoms with van der Waals surface area (Å²) in [6.45, 7) is 0.239. The summed E-state index contributed by atoms with van der Waals surface area (Å²) in [5.74, 6) is -1.34. The SMILES string of the molecule is COC(=O)CCCNc1ccc(C(F)(F)F)cc1-n1cc(C#N)c(N)c1C(=O)OC. The molecule has 30 heavy (non-hydrogen) atoms. The van der Waals surface area contributed by atoms with E-state index in [4.69, 9.17) is 5.73 Å². The second-order valence-electron chi connectivity index (χ2n) is 6.11. The van der Waals surface area contributed by atoms with Crippen molar-refractivity contribution >= 4 is 23.3 Å². The molecule has 0 aliphatic rings. The number of nitrogens with zero attached hydrogens (tertiary/aromatic N) is 2. The van der Waals surface area contributed by atoms with Crippen molar-refractivity contribution in [3.8, 4) is 11.8 Å². The van der Waals surface area contributed by atoms with Gasteiger partial charge in [0.25, 0.3) is 0 Å². The van der Waals surface area contributed by atoms with Gasteiger partial charge in [-0.1, -0.05) is 0 Å². The molecular weight excluding hydrogens is 405 g/mol. The van der Waals surface area contributed by atoms with Crippen LogP contribution in [0.1, 0.15) is 34.5 Å². The summed E-state index contributed by atoms with van der Waals surface area (Å²) in [7, 11) is 2.34. The number of nitrogens with two attached hydrogens (primary N) is 1. The van der Waals surface area contributed by atoms with Gasteiger partial charge < -0.3 is 25.1 Å². The highest BCUT2D eigenvalue weighted by Crippen LogP contribution is 2.35. The van der Waals surface area contributed by atoms with E-state index >= 15 is 0 Å². The molecule has 0 unspecified atom stereocenters. The molecule has 0 atom stereocenters. The maximum Gasteiger partial charge on any atom is 0.416 e. The molecule has 0 radical (unpaired) electrons. The zero-order chi connectivity index (χ0) is 22.5. The van der Waals surface area contributed by atoms with Crippen LogP contribution in [0.2, 0.25) is 0 Å². The Kier molecular flexibility index (Phi) is 6.94. The van der Waals surface area contributed by atoms with Gasteiger partial charge in [-0.05, 0) is 24.6 Å². The Balaban J connectivity index is 2.55. The molecule has 1 aromatic carbocycles. The second-order valence-corrected chi connectivity index (χ2v) is 6.11. The summed E-state index contributed by atoms with van der Waals surface area (Å²) in [6.07, 6.45) is -3.01. The van der Waals surface area contributed by atoms with Crippen molar-refractivity contribution in [2.24, 2.45) is 0 Å². The van der Waals surface area contributed by atoms with E-state index in [2.05, 4.69) is 14.8 Å². The first-order chi connectivity index (χ1) is 14.1. The number of methoxy groups -OCH3 is 2. The number of halogens is 3. The fraction of sp³-hybridized carbons (Fsp3) is 0.316. The minimum absolute atomic E-state index is 0.0588. The number of rotatable bonds is 7. The Morgan fingerprint density at radius 1 is 1.27 bits per heavy atom. The third-order valence-corrected chi connectivity index (χ3v) is 4.23. The molecule has 0 aliphatic heterocycles. The molecule has 1 heterocycles. The van der Waals surface area contributed by atoms with E-state index in [1.165, 1.54) is 13.2 Å². The fourth-order valence-electron chi connectivity index (χ4n) is 2.72. The third-order valence-electron chi connectivity index (χ3n) is 4.23. The van der Waals surface area contributed by atoms with Crippen LogP contribution < -0.4 is 11.1 Å². The Hall–Kier alpha value is -3.68. The maximum atomic E-state index is 13.3. The van der Waals surface area contributed by atoms with Crippen LogP contribution in [0.5, 0.6) is 0 Å². The molecule has 1 aromatic heterocycles. The number of ether oxygens (including phenoxy) is 2. The van der Waals surface area contributed by atoms with E-state index < -0.39 is 23.7 Å². The number of benzene rings is 1. The summed E-state index contributed by atoms with van der Waals surface area (Å²) in [5.41, 5.74) is 4.48. The summed E-state index contributed by atoms with van der Waals surface area (Å²) in [4.78, 5) is 23.4. The first kappa shape index (κ1) is 22.6. The van der Waals surface area contributed by atoms with Crippen molar-refractivity contribution in [1.82, 2.24) is 4.57 Å². The van der Waals surface area contributed by atoms with Gasteiger partial charge in [-0.3, -0.25) is 4.79 Å². The van der Waals surface area contributed by atoms with Crippen LogP contribution >= 0.6 is 0 Å². The van der Waals surface area contributed by atoms with E-state index in [1.54, 1.807) is 6.07 Å². The number of nitrogen functional groups attached to an aromatic ring is 1. The van der Waals surface area contributed by atoms with E-state index in [9.17, 15) is 28.0 Å². The molecule has 0 aliphatic carbocycles. The standard InChI is InChI=1S/C19H19F3N4O4/c1-29-15(27)4-3-7-25-13-6-5-12(19(20,21)22)8-14(13)26-10-11(9-23)16(24)17(26)18(28)30-2/h5-6,8,10,25H,3-4,7,24H2,1-2H3. The van der Waals surface area contributed by atoms with Crippen LogP contribution in [-0.4, -0.2) is 37.3 Å². The van der Waals surface area contributed by atoms with Gasteiger partial charge in [0.2, 0.25) is 0 Å². The monoisotopic (exact) mass is 424 g/mol. The van der Waals surface area contributed by atoms with Gasteiger partial charge in [0.1, 0.15) is 6.07 Å². The smallest absolute Gasteiger partial charge is 0.416 e. The number of nitriles is 1. The molecule has 11 heteroatoms. The quantitative estimate of drug-likeness (QED) is 0.518. The number of carbonyl (C=O) groups excluding carboxylic acids is 2. The molecule has 0 amide bonds. The molecule has 2 aromatic rings. The first-order valence-corrected chi connectivity index (χ1v) is 8.65. The summed E-state index contributed by atoms with van der Waals surface area (Å²) in [5, 5.41) is 12.2. The van der Waals surface area contributed by atoms with Crippen molar-refractivity contribution in [3.05, 3.63) is 41.2 Å². The molecule has 2 rings (SSSR count). The Bertz CT molecular complexity index is 993. The zero-order valence-electron chi connectivity index (χ0n) is 16.2. The number of anilines is 2. The summed E-state index contributed by atoms with van der Waals surface area (Å²) < 4.78 is 50.1. The van der Waals surface area contributed by atoms with Crippen LogP contribution in [0.15, 0.2) is 24.4 Å². The molecule has 160 valence electrons. The molecule has 0 fully saturated rings. The molecular formula is C19H19F3N4O4. The van der Waals surface area contributed by atoms with Crippen LogP contribution in [0, 0.1) is 11.3 Å². The summed E-state index contributed by atoms with van der Waals surface area (Å²) in [6, 6.07) is 4.69. The molecule has 0 spiro atoms. The first-order valence-electron chi connectivity index (χ1n) is 8.65. The van der Waals surface area contributed by atoms with E-state index in [0.717, 1.165) is 30.0 Å². The van der Waals surface area contributed by atoms with Gasteiger partial charge in [-0.2, -0.15) is 18.4 Å². The van der Waals surface area contributed by atoms with Gasteiger partial charge in [-0.25, -0.2) is 4.79 Å². The largest absolute Gasteiger partial charge is 0.469 e. The molecule has 0 bridgehead atoms. The lowest BCUT2D eigenvalue weighted by Crippen LogP contribution is -2.15. The van der Waals surface area contributed by atoms with Crippen molar-refractivity contribution in [1.29, 1.82) is 5.26 Å². The van der Waals surface area contributed by atoms with Crippen molar-refractivity contribution in [3.63, 3.8) is 0 Å². The average molecular weight is 424 g/mol. The minimum Gasteiger partial charge on any atom is -0.469 e. The topological polar surface area (TPSA) is 119 Å². The van der Waals surface area contributed by atoms with Gasteiger partial charge in [0, 0.05) is 19.2 Å². The van der Waals surface area contributed by atoms with Crippen molar-refractivity contribution in [2.45, 2.75) is 19.0 Å². The van der Waals surface area contributed by atoms with Crippen molar-refractivity contribution < 1.29 is 32.2 Å². The van der Waals surface area contributed by atoms with E-state index in [1.807, 2.05) is 0 Å². The lowest BCUT2D eigenvalue weighted by atomic mass is 10.1. The maximum absolute atomic E-state index is 13.3. The predicted octanol–water partition coefficient (Wildman–Crippen LogP) is 3.10. The van der Waals surface area contributed by atoms with Crippen LogP contribution in [0.4, 0.5) is 24.5 Å². The highest BCUT2D eigenvalue weighted by Gasteiger charge is 2.32. The molecule has 0 saturated carbocycles. The number of alkyl halides is 3. The van der Waals surface area contributed by atoms with E-state index in [0.29, 0.717) is 6.42 Å². The number of aromatic nitrogens is 1. The highest BCUT2D eigenvalue weighted by molar-refractivity contribution is 5.96. The normalized spacial score (nSPS) is 10.9. The van der Waals surface area contributed by atoms with Gasteiger partial charge in [0.05, 0.1) is 42.4 Å². The predicted molar refractivity (Wildman–Crippen MR) is 101 cm³/mol. The lowest BCUT2D eigenvalue weighted by Gasteiger charge is -2.17. The zero-order valence-corrected chi connectivity index (χ0v) is 16.2. The third kappa shape index (κ3) is 4.83. The summed E-state index contributed by atoms with van der Waals surface area (Å²) >= 11 is 0. The fourth-order valence-corrected chi connectivity index (χ4v) is 2.72. The lowest BCUT2D eigenvalue weighted by molar-refractivity contribution is -0.140. The molecule has 3 N–H and O–H groups in total. The second kappa shape index (κ2) is 9.21. The number of esters is 2. The van der Waals surface area contributed by atoms with Gasteiger partial charge >= 0.3 is 18.1 Å². The van der Waals surface area contributed by atoms with Crippen LogP contribution in [0.25, 0.3) is 5.69 Å². The number of hydrogen-bond donors (Lipinski definition) is 2. The Labute approximate surface area is 170 Å². The Morgan fingerprint density at radius 3 is 2.53 bits per heavy atom. The average Bonchev–Trinajstić information content (AvgIpc) is 3.05. The Morgan fingerprint density at radius 2 is 1.97 bits per heavy atom. The number of carbonyl (C=O) groups is 2. The van der Waals surface area contributed by atoms with Crippen LogP contribution in [0.3, 0.4) is 0 Å².